The summed E-state index contributed by atoms with van der Waals surface area (Å²) in [6, 6.07) is 13.2. The van der Waals surface area contributed by atoms with E-state index in [4.69, 9.17) is 5.73 Å². The highest BCUT2D eigenvalue weighted by molar-refractivity contribution is 5.63. The van der Waals surface area contributed by atoms with E-state index in [1.807, 2.05) is 28.9 Å². The van der Waals surface area contributed by atoms with E-state index >= 15 is 0 Å². The summed E-state index contributed by atoms with van der Waals surface area (Å²) in [6.07, 6.45) is -0.381. The minimum Gasteiger partial charge on any atom is -0.383 e. The lowest BCUT2D eigenvalue weighted by molar-refractivity contribution is -0.137. The van der Waals surface area contributed by atoms with Crippen LogP contribution in [0, 0.1) is 11.3 Å². The van der Waals surface area contributed by atoms with Gasteiger partial charge in [-0.25, -0.2) is 4.98 Å². The zero-order chi connectivity index (χ0) is 24.1. The van der Waals surface area contributed by atoms with E-state index in [0.29, 0.717) is 16.8 Å². The number of nitriles is 1. The van der Waals surface area contributed by atoms with Crippen LogP contribution in [0.15, 0.2) is 42.6 Å². The Kier molecular flexibility index (Phi) is 5.36. The minimum absolute atomic E-state index is 0.0837. The van der Waals surface area contributed by atoms with Crippen molar-refractivity contribution in [3.05, 3.63) is 65.0 Å². The molecule has 176 valence electrons. The van der Waals surface area contributed by atoms with Crippen LogP contribution in [0.4, 0.5) is 19.0 Å². The van der Waals surface area contributed by atoms with E-state index in [1.54, 1.807) is 0 Å². The predicted octanol–water partition coefficient (Wildman–Crippen LogP) is 4.92. The van der Waals surface area contributed by atoms with Crippen molar-refractivity contribution in [1.82, 2.24) is 19.7 Å². The van der Waals surface area contributed by atoms with Crippen molar-refractivity contribution in [3.8, 4) is 17.3 Å². The van der Waals surface area contributed by atoms with Gasteiger partial charge in [0.25, 0.3) is 0 Å². The number of nitrogens with zero attached hydrogens (tertiary/aromatic N) is 5. The van der Waals surface area contributed by atoms with Gasteiger partial charge in [-0.05, 0) is 55.6 Å². The van der Waals surface area contributed by atoms with Crippen molar-refractivity contribution < 1.29 is 13.2 Å². The van der Waals surface area contributed by atoms with Crippen LogP contribution in [-0.4, -0.2) is 32.8 Å². The van der Waals surface area contributed by atoms with Crippen LogP contribution in [0.3, 0.4) is 0 Å². The summed E-state index contributed by atoms with van der Waals surface area (Å²) in [5.41, 5.74) is 8.10. The van der Waals surface area contributed by atoms with Gasteiger partial charge < -0.3 is 5.73 Å². The number of aryl methyl sites for hydroxylation is 1. The van der Waals surface area contributed by atoms with Gasteiger partial charge in [0.05, 0.1) is 22.9 Å². The number of nitrogen functional groups attached to an aromatic ring is 1. The standard InChI is InChI=1S/C25H25F3N6/c1-2-21(17-5-3-4-16(10-17)13-29)33-8-6-24(15-33)7-9-34-22(24)12-20(32-34)18-11-19(25(26,27)28)23(30)31-14-18/h3-5,10-12,14,21H,2,6-9,15H2,1H3,(H2,30,31)/t21?,24-/m1/s1. The monoisotopic (exact) mass is 466 g/mol. The molecule has 0 aliphatic carbocycles. The Balaban J connectivity index is 1.43. The quantitative estimate of drug-likeness (QED) is 0.590. The molecular formula is C25H25F3N6. The van der Waals surface area contributed by atoms with E-state index in [1.165, 1.54) is 6.20 Å². The van der Waals surface area contributed by atoms with Crippen LogP contribution < -0.4 is 5.73 Å². The number of likely N-dealkylation sites (tertiary alicyclic amines) is 1. The largest absolute Gasteiger partial charge is 0.419 e. The number of anilines is 1. The SMILES string of the molecule is CCC(c1cccc(C#N)c1)N1CC[C@@]2(CCn3nc(-c4cnc(N)c(C(F)(F)F)c4)cc32)C1. The summed E-state index contributed by atoms with van der Waals surface area (Å²) < 4.78 is 41.9. The number of hydrogen-bond donors (Lipinski definition) is 1. The van der Waals surface area contributed by atoms with Crippen LogP contribution in [0.2, 0.25) is 0 Å². The molecule has 1 aromatic carbocycles. The lowest BCUT2D eigenvalue weighted by Crippen LogP contribution is -2.31. The summed E-state index contributed by atoms with van der Waals surface area (Å²) in [5, 5.41) is 13.9. The Labute approximate surface area is 195 Å². The second kappa shape index (κ2) is 8.13. The molecule has 0 bridgehead atoms. The Morgan fingerprint density at radius 1 is 1.21 bits per heavy atom. The van der Waals surface area contributed by atoms with Gasteiger partial charge in [-0.3, -0.25) is 9.58 Å². The maximum Gasteiger partial charge on any atom is 0.419 e. The van der Waals surface area contributed by atoms with Crippen molar-refractivity contribution in [2.24, 2.45) is 0 Å². The van der Waals surface area contributed by atoms with Gasteiger partial charge >= 0.3 is 6.18 Å². The molecule has 2 N–H and O–H groups in total. The summed E-state index contributed by atoms with van der Waals surface area (Å²) in [5.74, 6) is -0.531. The Bertz CT molecular complexity index is 1270. The van der Waals surface area contributed by atoms with Crippen molar-refractivity contribution in [3.63, 3.8) is 0 Å². The first-order chi connectivity index (χ1) is 16.2. The molecular weight excluding hydrogens is 441 g/mol. The fourth-order valence-electron chi connectivity index (χ4n) is 5.55. The van der Waals surface area contributed by atoms with E-state index in [2.05, 4.69) is 34.0 Å². The van der Waals surface area contributed by atoms with Crippen molar-refractivity contribution in [2.75, 3.05) is 18.8 Å². The number of nitrogens with two attached hydrogens (primary N) is 1. The highest BCUT2D eigenvalue weighted by atomic mass is 19.4. The molecule has 2 aliphatic rings. The van der Waals surface area contributed by atoms with E-state index in [0.717, 1.165) is 56.2 Å². The molecule has 34 heavy (non-hydrogen) atoms. The normalized spacial score (nSPS) is 21.0. The van der Waals surface area contributed by atoms with Gasteiger partial charge in [0.2, 0.25) is 0 Å². The Morgan fingerprint density at radius 2 is 2.00 bits per heavy atom. The second-order valence-corrected chi connectivity index (χ2v) is 9.20. The number of rotatable bonds is 4. The van der Waals surface area contributed by atoms with Gasteiger partial charge in [0.15, 0.2) is 0 Å². The zero-order valence-corrected chi connectivity index (χ0v) is 18.8. The highest BCUT2D eigenvalue weighted by Crippen LogP contribution is 2.46. The summed E-state index contributed by atoms with van der Waals surface area (Å²) >= 11 is 0. The third-order valence-corrected chi connectivity index (χ3v) is 7.26. The van der Waals surface area contributed by atoms with Crippen LogP contribution in [0.25, 0.3) is 11.3 Å². The number of aromatic nitrogens is 3. The molecule has 2 aliphatic heterocycles. The maximum atomic E-state index is 13.3. The topological polar surface area (TPSA) is 83.8 Å². The number of halogens is 3. The van der Waals surface area contributed by atoms with Crippen molar-refractivity contribution in [2.45, 2.75) is 50.4 Å². The van der Waals surface area contributed by atoms with Gasteiger partial charge in [-0.15, -0.1) is 0 Å². The molecule has 6 nitrogen and oxygen atoms in total. The number of fused-ring (bicyclic) bond motifs is 2. The van der Waals surface area contributed by atoms with Crippen LogP contribution in [0.1, 0.15) is 54.6 Å². The third kappa shape index (κ3) is 3.72. The molecule has 5 rings (SSSR count). The second-order valence-electron chi connectivity index (χ2n) is 9.20. The molecule has 0 saturated carbocycles. The average Bonchev–Trinajstić information content (AvgIpc) is 3.51. The molecule has 1 fully saturated rings. The molecule has 2 atom stereocenters. The summed E-state index contributed by atoms with van der Waals surface area (Å²) in [7, 11) is 0. The first kappa shape index (κ1) is 22.4. The van der Waals surface area contributed by atoms with Gasteiger partial charge in [0.1, 0.15) is 5.82 Å². The van der Waals surface area contributed by atoms with Crippen LogP contribution in [0.5, 0.6) is 0 Å². The number of benzene rings is 1. The van der Waals surface area contributed by atoms with Gasteiger partial charge in [-0.1, -0.05) is 19.1 Å². The number of alkyl halides is 3. The van der Waals surface area contributed by atoms with Crippen molar-refractivity contribution >= 4 is 5.82 Å². The summed E-state index contributed by atoms with van der Waals surface area (Å²) in [4.78, 5) is 6.23. The highest BCUT2D eigenvalue weighted by Gasteiger charge is 2.47. The zero-order valence-electron chi connectivity index (χ0n) is 18.8. The average molecular weight is 467 g/mol. The van der Waals surface area contributed by atoms with Crippen LogP contribution in [-0.2, 0) is 18.1 Å². The van der Waals surface area contributed by atoms with Crippen LogP contribution >= 0.6 is 0 Å². The predicted molar refractivity (Wildman–Crippen MR) is 122 cm³/mol. The smallest absolute Gasteiger partial charge is 0.383 e. The first-order valence-electron chi connectivity index (χ1n) is 11.4. The van der Waals surface area contributed by atoms with Gasteiger partial charge in [0, 0.05) is 42.0 Å². The molecule has 1 saturated heterocycles. The van der Waals surface area contributed by atoms with Gasteiger partial charge in [-0.2, -0.15) is 23.5 Å². The van der Waals surface area contributed by atoms with E-state index in [9.17, 15) is 18.4 Å². The molecule has 1 unspecified atom stereocenters. The Morgan fingerprint density at radius 3 is 2.74 bits per heavy atom. The van der Waals surface area contributed by atoms with Crippen molar-refractivity contribution in [1.29, 1.82) is 5.26 Å². The molecule has 9 heteroatoms. The minimum atomic E-state index is -4.57. The molecule has 0 radical (unpaired) electrons. The molecule has 3 aromatic rings. The maximum absolute atomic E-state index is 13.3. The molecule has 4 heterocycles. The lowest BCUT2D eigenvalue weighted by Gasteiger charge is -2.30. The summed E-state index contributed by atoms with van der Waals surface area (Å²) in [6.45, 7) is 4.65. The molecule has 0 amide bonds. The lowest BCUT2D eigenvalue weighted by atomic mass is 9.82. The molecule has 2 aromatic heterocycles. The fourth-order valence-corrected chi connectivity index (χ4v) is 5.55. The molecule has 1 spiro atoms. The number of pyridine rings is 1. The van der Waals surface area contributed by atoms with E-state index in [-0.39, 0.29) is 11.5 Å². The fraction of sp³-hybridized carbons (Fsp3) is 0.400. The first-order valence-corrected chi connectivity index (χ1v) is 11.4. The Hall–Kier alpha value is -3.38. The van der Waals surface area contributed by atoms with E-state index < -0.39 is 17.6 Å². The third-order valence-electron chi connectivity index (χ3n) is 7.26. The number of hydrogen-bond acceptors (Lipinski definition) is 5.